The van der Waals surface area contributed by atoms with Gasteiger partial charge in [-0.2, -0.15) is 0 Å². The van der Waals surface area contributed by atoms with Gasteiger partial charge in [-0.05, 0) is 43.5 Å². The summed E-state index contributed by atoms with van der Waals surface area (Å²) in [4.78, 5) is 0. The van der Waals surface area contributed by atoms with Gasteiger partial charge in [0.2, 0.25) is 0 Å². The van der Waals surface area contributed by atoms with E-state index in [1.54, 1.807) is 12.1 Å². The Bertz CT molecular complexity index is 368. The van der Waals surface area contributed by atoms with Crippen LogP contribution >= 0.6 is 0 Å². The largest absolute Gasteiger partial charge is 0.491 e. The number of β-amino-alcohol motifs (C(OH)–C–C–N with tert-alkyl or cyclic N) is 1. The highest BCUT2D eigenvalue weighted by molar-refractivity contribution is 5.22. The van der Waals surface area contributed by atoms with Crippen molar-refractivity contribution in [1.82, 2.24) is 5.32 Å². The van der Waals surface area contributed by atoms with Gasteiger partial charge in [0.1, 0.15) is 24.3 Å². The Labute approximate surface area is 121 Å². The zero-order valence-corrected chi connectivity index (χ0v) is 12.7. The van der Waals surface area contributed by atoms with E-state index in [0.717, 1.165) is 19.3 Å². The van der Waals surface area contributed by atoms with Gasteiger partial charge in [-0.3, -0.25) is 0 Å². The number of halogens is 1. The molecule has 0 bridgehead atoms. The van der Waals surface area contributed by atoms with Gasteiger partial charge in [-0.1, -0.05) is 20.8 Å². The van der Waals surface area contributed by atoms with Gasteiger partial charge >= 0.3 is 0 Å². The molecule has 0 aliphatic heterocycles. The summed E-state index contributed by atoms with van der Waals surface area (Å²) in [5, 5.41) is 13.4. The van der Waals surface area contributed by atoms with Crippen LogP contribution in [0.4, 0.5) is 4.39 Å². The molecule has 4 heteroatoms. The van der Waals surface area contributed by atoms with E-state index >= 15 is 0 Å². The molecule has 1 rings (SSSR count). The Morgan fingerprint density at radius 2 is 1.70 bits per heavy atom. The van der Waals surface area contributed by atoms with Gasteiger partial charge in [0, 0.05) is 12.1 Å². The summed E-state index contributed by atoms with van der Waals surface area (Å²) in [7, 11) is 0. The fraction of sp³-hybridized carbons (Fsp3) is 0.625. The summed E-state index contributed by atoms with van der Waals surface area (Å²) in [5.41, 5.74) is 0.0941. The number of ether oxygens (including phenoxy) is 1. The van der Waals surface area contributed by atoms with E-state index in [4.69, 9.17) is 4.74 Å². The van der Waals surface area contributed by atoms with Crippen LogP contribution in [0.1, 0.15) is 40.0 Å². The minimum Gasteiger partial charge on any atom is -0.491 e. The van der Waals surface area contributed by atoms with Crippen LogP contribution in [0.3, 0.4) is 0 Å². The van der Waals surface area contributed by atoms with Crippen molar-refractivity contribution in [2.75, 3.05) is 13.2 Å². The molecule has 0 saturated heterocycles. The van der Waals surface area contributed by atoms with Crippen LogP contribution in [0.25, 0.3) is 0 Å². The number of aliphatic hydroxyl groups is 1. The standard InChI is InChI=1S/C16H26FNO2/c1-4-16(5-2,6-3)18-11-14(19)12-20-15-9-7-13(17)8-10-15/h7-10,14,18-19H,4-6,11-12H2,1-3H3. The fourth-order valence-corrected chi connectivity index (χ4v) is 2.24. The molecule has 1 aromatic carbocycles. The zero-order valence-electron chi connectivity index (χ0n) is 12.7. The molecule has 0 aliphatic rings. The van der Waals surface area contributed by atoms with Crippen molar-refractivity contribution in [3.8, 4) is 5.75 Å². The second-order valence-electron chi connectivity index (χ2n) is 5.14. The average molecular weight is 283 g/mol. The Balaban J connectivity index is 2.36. The lowest BCUT2D eigenvalue weighted by Gasteiger charge is -2.33. The molecule has 0 amide bonds. The summed E-state index contributed by atoms with van der Waals surface area (Å²) in [6.45, 7) is 7.16. The molecule has 3 nitrogen and oxygen atoms in total. The maximum Gasteiger partial charge on any atom is 0.123 e. The Hall–Kier alpha value is -1.13. The highest BCUT2D eigenvalue weighted by atomic mass is 19.1. The molecule has 0 saturated carbocycles. The van der Waals surface area contributed by atoms with E-state index in [0.29, 0.717) is 12.3 Å². The summed E-state index contributed by atoms with van der Waals surface area (Å²) in [5.74, 6) is 0.274. The first-order valence-corrected chi connectivity index (χ1v) is 7.36. The van der Waals surface area contributed by atoms with E-state index < -0.39 is 6.10 Å². The van der Waals surface area contributed by atoms with Gasteiger partial charge in [0.05, 0.1) is 0 Å². The van der Waals surface area contributed by atoms with Crippen LogP contribution in [0.15, 0.2) is 24.3 Å². The molecular formula is C16H26FNO2. The predicted octanol–water partition coefficient (Wildman–Crippen LogP) is 3.12. The van der Waals surface area contributed by atoms with Gasteiger partial charge in [-0.25, -0.2) is 4.39 Å². The Morgan fingerprint density at radius 1 is 1.15 bits per heavy atom. The second-order valence-corrected chi connectivity index (χ2v) is 5.14. The maximum atomic E-state index is 12.7. The van der Waals surface area contributed by atoms with Crippen LogP contribution in [0, 0.1) is 5.82 Å². The van der Waals surface area contributed by atoms with Crippen molar-refractivity contribution < 1.29 is 14.2 Å². The van der Waals surface area contributed by atoms with Crippen LogP contribution in [0.2, 0.25) is 0 Å². The molecule has 1 aromatic rings. The lowest BCUT2D eigenvalue weighted by atomic mass is 9.90. The van der Waals surface area contributed by atoms with E-state index in [-0.39, 0.29) is 18.0 Å². The minimum atomic E-state index is -0.580. The van der Waals surface area contributed by atoms with Gasteiger partial charge in [0.15, 0.2) is 0 Å². The minimum absolute atomic E-state index is 0.0941. The highest BCUT2D eigenvalue weighted by Crippen LogP contribution is 2.19. The van der Waals surface area contributed by atoms with Crippen molar-refractivity contribution in [2.24, 2.45) is 0 Å². The van der Waals surface area contributed by atoms with Crippen LogP contribution in [-0.2, 0) is 0 Å². The molecule has 114 valence electrons. The van der Waals surface area contributed by atoms with Crippen molar-refractivity contribution in [3.63, 3.8) is 0 Å². The molecular weight excluding hydrogens is 257 g/mol. The first-order chi connectivity index (χ1) is 9.55. The molecule has 1 atom stereocenters. The third kappa shape index (κ3) is 5.10. The molecule has 0 fully saturated rings. The lowest BCUT2D eigenvalue weighted by Crippen LogP contribution is -2.47. The lowest BCUT2D eigenvalue weighted by molar-refractivity contribution is 0.0942. The van der Waals surface area contributed by atoms with E-state index in [2.05, 4.69) is 26.1 Å². The van der Waals surface area contributed by atoms with E-state index in [9.17, 15) is 9.50 Å². The molecule has 2 N–H and O–H groups in total. The van der Waals surface area contributed by atoms with Gasteiger partial charge in [0.25, 0.3) is 0 Å². The van der Waals surface area contributed by atoms with Crippen LogP contribution < -0.4 is 10.1 Å². The van der Waals surface area contributed by atoms with E-state index in [1.165, 1.54) is 12.1 Å². The fourth-order valence-electron chi connectivity index (χ4n) is 2.24. The smallest absolute Gasteiger partial charge is 0.123 e. The molecule has 0 heterocycles. The Morgan fingerprint density at radius 3 is 2.20 bits per heavy atom. The monoisotopic (exact) mass is 283 g/mol. The highest BCUT2D eigenvalue weighted by Gasteiger charge is 2.23. The topological polar surface area (TPSA) is 41.5 Å². The normalized spacial score (nSPS) is 13.2. The average Bonchev–Trinajstić information content (AvgIpc) is 2.48. The number of nitrogens with one attached hydrogen (secondary N) is 1. The van der Waals surface area contributed by atoms with Crippen molar-refractivity contribution in [2.45, 2.75) is 51.7 Å². The first kappa shape index (κ1) is 16.9. The molecule has 0 spiro atoms. The van der Waals surface area contributed by atoms with Gasteiger partial charge in [-0.15, -0.1) is 0 Å². The quantitative estimate of drug-likeness (QED) is 0.731. The number of rotatable bonds is 9. The number of hydrogen-bond acceptors (Lipinski definition) is 3. The number of aliphatic hydroxyl groups excluding tert-OH is 1. The van der Waals surface area contributed by atoms with E-state index in [1.807, 2.05) is 0 Å². The SMILES string of the molecule is CCC(CC)(CC)NCC(O)COc1ccc(F)cc1. The Kier molecular flexibility index (Phi) is 6.96. The molecule has 0 aliphatic carbocycles. The third-order valence-electron chi connectivity index (χ3n) is 4.00. The second kappa shape index (κ2) is 8.22. The molecule has 1 unspecified atom stereocenters. The number of hydrogen-bond donors (Lipinski definition) is 2. The maximum absolute atomic E-state index is 12.7. The van der Waals surface area contributed by atoms with Crippen molar-refractivity contribution in [1.29, 1.82) is 0 Å². The summed E-state index contributed by atoms with van der Waals surface area (Å²) < 4.78 is 18.2. The van der Waals surface area contributed by atoms with Gasteiger partial charge < -0.3 is 15.2 Å². The number of benzene rings is 1. The molecule has 0 aromatic heterocycles. The first-order valence-electron chi connectivity index (χ1n) is 7.36. The van der Waals surface area contributed by atoms with Crippen LogP contribution in [0.5, 0.6) is 5.75 Å². The molecule has 0 radical (unpaired) electrons. The molecule has 20 heavy (non-hydrogen) atoms. The third-order valence-corrected chi connectivity index (χ3v) is 4.00. The summed E-state index contributed by atoms with van der Waals surface area (Å²) >= 11 is 0. The zero-order chi connectivity index (χ0) is 15.0. The summed E-state index contributed by atoms with van der Waals surface area (Å²) in [6.07, 6.45) is 2.52. The van der Waals surface area contributed by atoms with Crippen LogP contribution in [-0.4, -0.2) is 29.9 Å². The summed E-state index contributed by atoms with van der Waals surface area (Å²) in [6, 6.07) is 5.81. The van der Waals surface area contributed by atoms with Crippen molar-refractivity contribution >= 4 is 0 Å². The predicted molar refractivity (Wildman–Crippen MR) is 79.5 cm³/mol. The van der Waals surface area contributed by atoms with Crippen molar-refractivity contribution in [3.05, 3.63) is 30.1 Å².